The van der Waals surface area contributed by atoms with Gasteiger partial charge in [-0.25, -0.2) is 4.79 Å². The normalized spacial score (nSPS) is 33.5. The number of hydrogen-bond donors (Lipinski definition) is 1. The minimum atomic E-state index is -4.71. The number of alkyl carbamates (subject to hydrolysis) is 1. The monoisotopic (exact) mass is 451 g/mol. The van der Waals surface area contributed by atoms with Crippen molar-refractivity contribution in [1.29, 1.82) is 0 Å². The fourth-order valence-corrected chi connectivity index (χ4v) is 5.36. The van der Waals surface area contributed by atoms with Crippen molar-refractivity contribution in [1.82, 2.24) is 5.32 Å². The van der Waals surface area contributed by atoms with E-state index in [1.165, 1.54) is 0 Å². The van der Waals surface area contributed by atoms with Crippen molar-refractivity contribution in [3.05, 3.63) is 0 Å². The maximum absolute atomic E-state index is 12.9. The van der Waals surface area contributed by atoms with Crippen LogP contribution in [0.5, 0.6) is 0 Å². The van der Waals surface area contributed by atoms with Gasteiger partial charge < -0.3 is 9.47 Å². The summed E-state index contributed by atoms with van der Waals surface area (Å²) < 4.78 is 43.5. The highest BCUT2D eigenvalue weighted by Crippen LogP contribution is 2.60. The Morgan fingerprint density at radius 1 is 1.04 bits per heavy atom. The minimum absolute atomic E-state index is 0.458. The molecule has 0 aliphatic heterocycles. The van der Waals surface area contributed by atoms with Gasteiger partial charge >= 0.3 is 18.2 Å². The first-order chi connectivity index (χ1) is 12.4. The number of carbonyl (C=O) groups is 2. The second-order valence-corrected chi connectivity index (χ2v) is 10.2. The van der Waals surface area contributed by atoms with Gasteiger partial charge in [0.05, 0.1) is 5.41 Å². The van der Waals surface area contributed by atoms with E-state index in [0.717, 1.165) is 19.3 Å². The molecule has 1 N–H and O–H groups in total. The van der Waals surface area contributed by atoms with Crippen LogP contribution in [0.1, 0.15) is 38.5 Å². The molecule has 0 aromatic rings. The Hall–Kier alpha value is -0.600. The Bertz CT molecular complexity index is 573. The van der Waals surface area contributed by atoms with Crippen molar-refractivity contribution in [2.24, 2.45) is 23.2 Å². The molecule has 1 atom stereocenters. The van der Waals surface area contributed by atoms with Gasteiger partial charge in [-0.15, -0.1) is 0 Å². The Kier molecular flexibility index (Phi) is 5.74. The molecule has 0 heterocycles. The third-order valence-corrected chi connectivity index (χ3v) is 6.20. The molecule has 0 radical (unpaired) electrons. The lowest BCUT2D eigenvalue weighted by atomic mass is 9.49. The summed E-state index contributed by atoms with van der Waals surface area (Å²) in [6.45, 7) is -1.81. The van der Waals surface area contributed by atoms with E-state index in [1.807, 2.05) is 5.32 Å². The zero-order valence-corrected chi connectivity index (χ0v) is 16.4. The van der Waals surface area contributed by atoms with Gasteiger partial charge in [-0.1, -0.05) is 34.8 Å². The predicted octanol–water partition coefficient (Wildman–Crippen LogP) is 4.73. The van der Waals surface area contributed by atoms with E-state index in [2.05, 4.69) is 4.74 Å². The summed E-state index contributed by atoms with van der Waals surface area (Å²) in [6, 6.07) is 0. The highest BCUT2D eigenvalue weighted by atomic mass is 35.6. The standard InChI is InChI=1S/C16H19Cl3F3NO4/c17-16(18,19)11(23-13(25)26-7-15(20,21)22)27-12(24)14-4-8-1-9(5-14)3-10(2-8)6-14/h8-11H,1-7H2,(H,23,25). The van der Waals surface area contributed by atoms with Crippen molar-refractivity contribution < 1.29 is 32.2 Å². The number of carbonyl (C=O) groups excluding carboxylic acids is 2. The van der Waals surface area contributed by atoms with Crippen molar-refractivity contribution in [2.45, 2.75) is 54.7 Å². The van der Waals surface area contributed by atoms with Crippen molar-refractivity contribution in [3.8, 4) is 0 Å². The van der Waals surface area contributed by atoms with Gasteiger partial charge in [0.1, 0.15) is 0 Å². The molecule has 4 aliphatic rings. The van der Waals surface area contributed by atoms with Crippen LogP contribution in [0.4, 0.5) is 18.0 Å². The fraction of sp³-hybridized carbons (Fsp3) is 0.875. The molecule has 0 aromatic heterocycles. The summed E-state index contributed by atoms with van der Waals surface area (Å²) in [5.74, 6) is 0.785. The molecule has 4 bridgehead atoms. The molecule has 11 heteroatoms. The molecular weight excluding hydrogens is 434 g/mol. The summed E-state index contributed by atoms with van der Waals surface area (Å²) >= 11 is 17.2. The molecule has 4 aliphatic carbocycles. The quantitative estimate of drug-likeness (QED) is 0.380. The second-order valence-electron chi connectivity index (χ2n) is 7.86. The smallest absolute Gasteiger partial charge is 0.422 e. The lowest BCUT2D eigenvalue weighted by Crippen LogP contribution is -2.54. The average Bonchev–Trinajstić information content (AvgIpc) is 2.49. The zero-order valence-electron chi connectivity index (χ0n) is 14.2. The van der Waals surface area contributed by atoms with Gasteiger partial charge in [-0.3, -0.25) is 10.1 Å². The number of nitrogens with one attached hydrogen (secondary N) is 1. The highest BCUT2D eigenvalue weighted by Gasteiger charge is 2.56. The molecule has 27 heavy (non-hydrogen) atoms. The average molecular weight is 453 g/mol. The van der Waals surface area contributed by atoms with Crippen molar-refractivity contribution in [3.63, 3.8) is 0 Å². The van der Waals surface area contributed by atoms with Crippen LogP contribution in [-0.2, 0) is 14.3 Å². The fourth-order valence-electron chi connectivity index (χ4n) is 5.07. The molecule has 154 valence electrons. The third-order valence-electron chi connectivity index (χ3n) is 5.61. The first kappa shape index (κ1) is 21.1. The molecule has 5 nitrogen and oxygen atoms in total. The Morgan fingerprint density at radius 2 is 1.52 bits per heavy atom. The lowest BCUT2D eigenvalue weighted by molar-refractivity contribution is -0.179. The van der Waals surface area contributed by atoms with E-state index in [1.54, 1.807) is 0 Å². The van der Waals surface area contributed by atoms with Gasteiger partial charge in [0.25, 0.3) is 0 Å². The van der Waals surface area contributed by atoms with Crippen LogP contribution < -0.4 is 5.32 Å². The topological polar surface area (TPSA) is 64.6 Å². The van der Waals surface area contributed by atoms with E-state index in [9.17, 15) is 22.8 Å². The Morgan fingerprint density at radius 3 is 1.93 bits per heavy atom. The van der Waals surface area contributed by atoms with E-state index < -0.39 is 40.3 Å². The molecule has 1 amide bonds. The lowest BCUT2D eigenvalue weighted by Gasteiger charge is -2.55. The maximum Gasteiger partial charge on any atom is 0.422 e. The van der Waals surface area contributed by atoms with Crippen LogP contribution in [-0.4, -0.2) is 34.9 Å². The minimum Gasteiger partial charge on any atom is -0.440 e. The van der Waals surface area contributed by atoms with Gasteiger partial charge in [-0.05, 0) is 56.3 Å². The molecule has 4 saturated carbocycles. The summed E-state index contributed by atoms with van der Waals surface area (Å²) in [7, 11) is 0. The number of esters is 1. The molecular formula is C16H19Cl3F3NO4. The summed E-state index contributed by atoms with van der Waals surface area (Å²) in [5.41, 5.74) is -0.680. The van der Waals surface area contributed by atoms with E-state index >= 15 is 0 Å². The number of ether oxygens (including phenoxy) is 2. The molecule has 0 aromatic carbocycles. The number of hydrogen-bond acceptors (Lipinski definition) is 4. The predicted molar refractivity (Wildman–Crippen MR) is 91.3 cm³/mol. The zero-order chi connectivity index (χ0) is 20.0. The van der Waals surface area contributed by atoms with Crippen molar-refractivity contribution in [2.75, 3.05) is 6.61 Å². The maximum atomic E-state index is 12.9. The number of rotatable bonds is 4. The molecule has 0 saturated heterocycles. The second kappa shape index (κ2) is 7.34. The Labute approximate surface area is 169 Å². The third kappa shape index (κ3) is 5.07. The summed E-state index contributed by atoms with van der Waals surface area (Å²) in [6.07, 6.45) is -2.61. The van der Waals surface area contributed by atoms with Crippen LogP contribution in [0.25, 0.3) is 0 Å². The molecule has 4 rings (SSSR count). The molecule has 1 unspecified atom stereocenters. The van der Waals surface area contributed by atoms with E-state index in [-0.39, 0.29) is 0 Å². The van der Waals surface area contributed by atoms with Crippen LogP contribution in [0.2, 0.25) is 0 Å². The van der Waals surface area contributed by atoms with Gasteiger partial charge in [0.2, 0.25) is 10.0 Å². The molecule has 4 fully saturated rings. The van der Waals surface area contributed by atoms with Crippen LogP contribution in [0.15, 0.2) is 0 Å². The largest absolute Gasteiger partial charge is 0.440 e. The van der Waals surface area contributed by atoms with Crippen molar-refractivity contribution >= 4 is 46.9 Å². The SMILES string of the molecule is O=C(NC(OC(=O)C12CC3CC(CC(C3)C1)C2)C(Cl)(Cl)Cl)OCC(F)(F)F. The van der Waals surface area contributed by atoms with Crippen LogP contribution in [0.3, 0.4) is 0 Å². The van der Waals surface area contributed by atoms with E-state index in [0.29, 0.717) is 37.0 Å². The summed E-state index contributed by atoms with van der Waals surface area (Å²) in [5, 5.41) is 1.89. The molecule has 0 spiro atoms. The first-order valence-electron chi connectivity index (χ1n) is 8.64. The van der Waals surface area contributed by atoms with Crippen LogP contribution >= 0.6 is 34.8 Å². The van der Waals surface area contributed by atoms with Gasteiger partial charge in [0, 0.05) is 0 Å². The highest BCUT2D eigenvalue weighted by molar-refractivity contribution is 6.68. The van der Waals surface area contributed by atoms with Gasteiger partial charge in [0.15, 0.2) is 6.61 Å². The first-order valence-corrected chi connectivity index (χ1v) is 9.77. The Balaban J connectivity index is 1.64. The van der Waals surface area contributed by atoms with E-state index in [4.69, 9.17) is 39.5 Å². The number of amides is 1. The van der Waals surface area contributed by atoms with Crippen LogP contribution in [0, 0.1) is 23.2 Å². The summed E-state index contributed by atoms with van der Waals surface area (Å²) in [4.78, 5) is 24.5. The number of alkyl halides is 6. The number of halogens is 6. The van der Waals surface area contributed by atoms with Gasteiger partial charge in [-0.2, -0.15) is 13.2 Å².